The lowest BCUT2D eigenvalue weighted by Gasteiger charge is -2.15. The SMILES string of the molecule is Cc1cc(C)c(-n2c(C)cc(=O)[nH]c2=O)c(C)c1. The van der Waals surface area contributed by atoms with Crippen LogP contribution in [-0.2, 0) is 0 Å². The van der Waals surface area contributed by atoms with Gasteiger partial charge in [0.1, 0.15) is 0 Å². The van der Waals surface area contributed by atoms with Crippen molar-refractivity contribution in [1.29, 1.82) is 0 Å². The van der Waals surface area contributed by atoms with E-state index in [0.717, 1.165) is 22.4 Å². The molecule has 1 heterocycles. The third-order valence-electron chi connectivity index (χ3n) is 2.98. The van der Waals surface area contributed by atoms with Gasteiger partial charge in [0.15, 0.2) is 0 Å². The van der Waals surface area contributed by atoms with Crippen LogP contribution in [0, 0.1) is 27.7 Å². The highest BCUT2D eigenvalue weighted by molar-refractivity contribution is 5.49. The summed E-state index contributed by atoms with van der Waals surface area (Å²) in [6.07, 6.45) is 0. The lowest BCUT2D eigenvalue weighted by atomic mass is 10.0. The van der Waals surface area contributed by atoms with Crippen LogP contribution in [0.4, 0.5) is 0 Å². The minimum atomic E-state index is -0.393. The van der Waals surface area contributed by atoms with Crippen molar-refractivity contribution in [3.05, 3.63) is 61.4 Å². The van der Waals surface area contributed by atoms with Crippen LogP contribution in [0.2, 0.25) is 0 Å². The van der Waals surface area contributed by atoms with Crippen LogP contribution in [0.5, 0.6) is 0 Å². The number of hydrogen-bond donors (Lipinski definition) is 1. The average molecular weight is 244 g/mol. The molecular weight excluding hydrogens is 228 g/mol. The summed E-state index contributed by atoms with van der Waals surface area (Å²) in [5.74, 6) is 0. The first-order valence-corrected chi connectivity index (χ1v) is 5.81. The van der Waals surface area contributed by atoms with Crippen LogP contribution in [0.3, 0.4) is 0 Å². The molecule has 0 fully saturated rings. The van der Waals surface area contributed by atoms with Crippen molar-refractivity contribution in [2.75, 3.05) is 0 Å². The van der Waals surface area contributed by atoms with E-state index in [2.05, 4.69) is 4.98 Å². The van der Waals surface area contributed by atoms with E-state index in [1.807, 2.05) is 32.9 Å². The Hall–Kier alpha value is -2.10. The van der Waals surface area contributed by atoms with Crippen LogP contribution >= 0.6 is 0 Å². The van der Waals surface area contributed by atoms with Gasteiger partial charge in [0.05, 0.1) is 5.69 Å². The predicted octanol–water partition coefficient (Wildman–Crippen LogP) is 1.76. The molecule has 4 nitrogen and oxygen atoms in total. The third-order valence-corrected chi connectivity index (χ3v) is 2.98. The van der Waals surface area contributed by atoms with Crippen LogP contribution in [0.25, 0.3) is 5.69 Å². The zero-order valence-corrected chi connectivity index (χ0v) is 11.0. The Kier molecular flexibility index (Phi) is 2.95. The molecule has 0 radical (unpaired) electrons. The fourth-order valence-corrected chi connectivity index (χ4v) is 2.41. The van der Waals surface area contributed by atoms with Gasteiger partial charge in [-0.2, -0.15) is 0 Å². The monoisotopic (exact) mass is 244 g/mol. The smallest absolute Gasteiger partial charge is 0.274 e. The minimum Gasteiger partial charge on any atom is -0.274 e. The van der Waals surface area contributed by atoms with E-state index in [-0.39, 0.29) is 5.56 Å². The summed E-state index contributed by atoms with van der Waals surface area (Å²) >= 11 is 0. The molecule has 4 heteroatoms. The van der Waals surface area contributed by atoms with Crippen molar-refractivity contribution in [1.82, 2.24) is 9.55 Å². The van der Waals surface area contributed by atoms with Gasteiger partial charge in [-0.05, 0) is 38.8 Å². The Bertz CT molecular complexity index is 700. The topological polar surface area (TPSA) is 54.9 Å². The zero-order chi connectivity index (χ0) is 13.4. The molecule has 0 spiro atoms. The van der Waals surface area contributed by atoms with Gasteiger partial charge in [-0.25, -0.2) is 4.79 Å². The number of aryl methyl sites for hydroxylation is 4. The van der Waals surface area contributed by atoms with Gasteiger partial charge in [0.25, 0.3) is 5.56 Å². The molecule has 2 aromatic rings. The first-order valence-electron chi connectivity index (χ1n) is 5.81. The Morgan fingerprint density at radius 3 is 2.00 bits per heavy atom. The maximum atomic E-state index is 12.0. The van der Waals surface area contributed by atoms with E-state index in [0.29, 0.717) is 5.69 Å². The minimum absolute atomic E-state index is 0.365. The van der Waals surface area contributed by atoms with Gasteiger partial charge in [-0.15, -0.1) is 0 Å². The summed E-state index contributed by atoms with van der Waals surface area (Å²) in [6, 6.07) is 5.48. The van der Waals surface area contributed by atoms with Crippen molar-refractivity contribution in [3.8, 4) is 5.69 Å². The van der Waals surface area contributed by atoms with E-state index in [1.165, 1.54) is 6.07 Å². The standard InChI is InChI=1S/C14H16N2O2/c1-8-5-9(2)13(10(3)6-8)16-11(4)7-12(17)15-14(16)18/h5-7H,1-4H3,(H,15,17,18). The molecule has 0 amide bonds. The number of aromatic amines is 1. The van der Waals surface area contributed by atoms with Gasteiger partial charge in [0.2, 0.25) is 0 Å². The number of benzene rings is 1. The second-order valence-electron chi connectivity index (χ2n) is 4.66. The molecule has 1 N–H and O–H groups in total. The molecule has 18 heavy (non-hydrogen) atoms. The van der Waals surface area contributed by atoms with Crippen molar-refractivity contribution < 1.29 is 0 Å². The Morgan fingerprint density at radius 1 is 0.944 bits per heavy atom. The maximum Gasteiger partial charge on any atom is 0.333 e. The van der Waals surface area contributed by atoms with Crippen LogP contribution < -0.4 is 11.2 Å². The molecule has 1 aromatic heterocycles. The van der Waals surface area contributed by atoms with Crippen molar-refractivity contribution >= 4 is 0 Å². The molecule has 94 valence electrons. The highest BCUT2D eigenvalue weighted by Crippen LogP contribution is 2.20. The van der Waals surface area contributed by atoms with Gasteiger partial charge < -0.3 is 0 Å². The predicted molar refractivity (Wildman–Crippen MR) is 71.6 cm³/mol. The second kappa shape index (κ2) is 4.29. The van der Waals surface area contributed by atoms with E-state index in [1.54, 1.807) is 11.5 Å². The highest BCUT2D eigenvalue weighted by Gasteiger charge is 2.10. The Morgan fingerprint density at radius 2 is 1.50 bits per heavy atom. The fraction of sp³-hybridized carbons (Fsp3) is 0.286. The number of aromatic nitrogens is 2. The van der Waals surface area contributed by atoms with Gasteiger partial charge in [-0.1, -0.05) is 17.7 Å². The van der Waals surface area contributed by atoms with Crippen molar-refractivity contribution in [2.24, 2.45) is 0 Å². The van der Waals surface area contributed by atoms with Gasteiger partial charge in [-0.3, -0.25) is 14.3 Å². The summed E-state index contributed by atoms with van der Waals surface area (Å²) in [5.41, 5.74) is 3.92. The third kappa shape index (κ3) is 2.01. The van der Waals surface area contributed by atoms with E-state index in [4.69, 9.17) is 0 Å². The van der Waals surface area contributed by atoms with Gasteiger partial charge in [0, 0.05) is 11.8 Å². The van der Waals surface area contributed by atoms with E-state index >= 15 is 0 Å². The molecule has 0 unspecified atom stereocenters. The quantitative estimate of drug-likeness (QED) is 0.831. The molecule has 0 aliphatic rings. The Balaban J connectivity index is 2.86. The summed E-state index contributed by atoms with van der Waals surface area (Å²) in [4.78, 5) is 25.5. The summed E-state index contributed by atoms with van der Waals surface area (Å²) in [7, 11) is 0. The van der Waals surface area contributed by atoms with Crippen LogP contribution in [0.1, 0.15) is 22.4 Å². The van der Waals surface area contributed by atoms with Crippen molar-refractivity contribution in [3.63, 3.8) is 0 Å². The molecule has 0 saturated heterocycles. The van der Waals surface area contributed by atoms with E-state index in [9.17, 15) is 9.59 Å². The summed E-state index contributed by atoms with van der Waals surface area (Å²) in [6.45, 7) is 7.71. The molecule has 0 aliphatic heterocycles. The molecular formula is C14H16N2O2. The first-order chi connectivity index (χ1) is 8.40. The van der Waals surface area contributed by atoms with Crippen LogP contribution in [0.15, 0.2) is 27.8 Å². The zero-order valence-electron chi connectivity index (χ0n) is 11.0. The number of nitrogens with zero attached hydrogens (tertiary/aromatic N) is 1. The molecule has 1 aromatic carbocycles. The maximum absolute atomic E-state index is 12.0. The lowest BCUT2D eigenvalue weighted by Crippen LogP contribution is -2.30. The van der Waals surface area contributed by atoms with Gasteiger partial charge >= 0.3 is 5.69 Å². The number of H-pyrrole nitrogens is 1. The number of hydrogen-bond acceptors (Lipinski definition) is 2. The van der Waals surface area contributed by atoms with E-state index < -0.39 is 5.69 Å². The molecule has 2 rings (SSSR count). The second-order valence-corrected chi connectivity index (χ2v) is 4.66. The number of rotatable bonds is 1. The Labute approximate surface area is 105 Å². The normalized spacial score (nSPS) is 10.7. The summed E-state index contributed by atoms with van der Waals surface area (Å²) in [5, 5.41) is 0. The summed E-state index contributed by atoms with van der Waals surface area (Å²) < 4.78 is 1.55. The largest absolute Gasteiger partial charge is 0.333 e. The molecule has 0 aliphatic carbocycles. The first kappa shape index (κ1) is 12.4. The molecule has 0 bridgehead atoms. The lowest BCUT2D eigenvalue weighted by molar-refractivity contribution is 0.844. The average Bonchev–Trinajstić information content (AvgIpc) is 2.20. The fourth-order valence-electron chi connectivity index (χ4n) is 2.41. The van der Waals surface area contributed by atoms with Crippen molar-refractivity contribution in [2.45, 2.75) is 27.7 Å². The van der Waals surface area contributed by atoms with Crippen LogP contribution in [-0.4, -0.2) is 9.55 Å². The highest BCUT2D eigenvalue weighted by atomic mass is 16.2. The molecule has 0 saturated carbocycles. The number of nitrogens with one attached hydrogen (secondary N) is 1. The molecule has 0 atom stereocenters.